The lowest BCUT2D eigenvalue weighted by molar-refractivity contribution is 0.176. The van der Waals surface area contributed by atoms with Gasteiger partial charge < -0.3 is 5.32 Å². The molecule has 0 amide bonds. The number of rotatable bonds is 4. The minimum atomic E-state index is 0.586. The van der Waals surface area contributed by atoms with Crippen LogP contribution in [0.2, 0.25) is 0 Å². The van der Waals surface area contributed by atoms with Gasteiger partial charge >= 0.3 is 0 Å². The van der Waals surface area contributed by atoms with Gasteiger partial charge in [-0.05, 0) is 60.1 Å². The highest BCUT2D eigenvalue weighted by molar-refractivity contribution is 7.99. The van der Waals surface area contributed by atoms with Gasteiger partial charge in [0, 0.05) is 0 Å². The summed E-state index contributed by atoms with van der Waals surface area (Å²) in [5.74, 6) is 4.52. The zero-order chi connectivity index (χ0) is 11.8. The van der Waals surface area contributed by atoms with E-state index in [4.69, 9.17) is 0 Å². The highest BCUT2D eigenvalue weighted by atomic mass is 32.2. The maximum atomic E-state index is 3.65. The Morgan fingerprint density at radius 1 is 1.38 bits per heavy atom. The van der Waals surface area contributed by atoms with Gasteiger partial charge in [-0.1, -0.05) is 27.7 Å². The molecule has 0 bridgehead atoms. The van der Waals surface area contributed by atoms with Crippen molar-refractivity contribution < 1.29 is 0 Å². The van der Waals surface area contributed by atoms with Gasteiger partial charge in [0.1, 0.15) is 0 Å². The van der Waals surface area contributed by atoms with Crippen molar-refractivity contribution in [3.05, 3.63) is 0 Å². The van der Waals surface area contributed by atoms with Gasteiger partial charge in [-0.3, -0.25) is 0 Å². The summed E-state index contributed by atoms with van der Waals surface area (Å²) in [5.41, 5.74) is 1.27. The average molecular weight is 241 g/mol. The second kappa shape index (κ2) is 4.53. The summed E-state index contributed by atoms with van der Waals surface area (Å²) in [6.07, 6.45) is 2.89. The van der Waals surface area contributed by atoms with Gasteiger partial charge in [-0.25, -0.2) is 0 Å². The zero-order valence-electron chi connectivity index (χ0n) is 11.3. The Bertz CT molecular complexity index is 249. The quantitative estimate of drug-likeness (QED) is 0.809. The topological polar surface area (TPSA) is 12.0 Å². The van der Waals surface area contributed by atoms with E-state index in [1.807, 2.05) is 0 Å². The lowest BCUT2D eigenvalue weighted by Crippen LogP contribution is -2.36. The fraction of sp³-hybridized carbons (Fsp3) is 1.00. The van der Waals surface area contributed by atoms with Crippen molar-refractivity contribution in [3.63, 3.8) is 0 Å². The lowest BCUT2D eigenvalue weighted by Gasteiger charge is -2.40. The molecule has 1 saturated carbocycles. The van der Waals surface area contributed by atoms with Gasteiger partial charge in [0.15, 0.2) is 0 Å². The van der Waals surface area contributed by atoms with Crippen molar-refractivity contribution in [2.75, 3.05) is 24.6 Å². The Morgan fingerprint density at radius 3 is 2.75 bits per heavy atom. The van der Waals surface area contributed by atoms with Crippen LogP contribution in [0.25, 0.3) is 0 Å². The third kappa shape index (κ3) is 2.28. The van der Waals surface area contributed by atoms with E-state index in [9.17, 15) is 0 Å². The van der Waals surface area contributed by atoms with Crippen molar-refractivity contribution in [2.45, 2.75) is 40.5 Å². The molecule has 2 atom stereocenters. The van der Waals surface area contributed by atoms with Crippen LogP contribution < -0.4 is 5.32 Å². The molecule has 1 spiro atoms. The smallest absolute Gasteiger partial charge is 0.000243 e. The van der Waals surface area contributed by atoms with Gasteiger partial charge in [0.25, 0.3) is 0 Å². The molecule has 16 heavy (non-hydrogen) atoms. The van der Waals surface area contributed by atoms with Gasteiger partial charge in [-0.2, -0.15) is 11.8 Å². The fourth-order valence-corrected chi connectivity index (χ4v) is 5.13. The van der Waals surface area contributed by atoms with Gasteiger partial charge in [-0.15, -0.1) is 0 Å². The van der Waals surface area contributed by atoms with Crippen LogP contribution in [0.5, 0.6) is 0 Å². The first-order chi connectivity index (χ1) is 7.48. The van der Waals surface area contributed by atoms with Crippen molar-refractivity contribution in [3.8, 4) is 0 Å². The normalized spacial score (nSPS) is 36.9. The molecule has 1 aliphatic heterocycles. The van der Waals surface area contributed by atoms with Gasteiger partial charge in [0.2, 0.25) is 0 Å². The molecule has 0 radical (unpaired) electrons. The fourth-order valence-electron chi connectivity index (χ4n) is 3.23. The Morgan fingerprint density at radius 2 is 2.12 bits per heavy atom. The Kier molecular flexibility index (Phi) is 3.61. The highest BCUT2D eigenvalue weighted by Gasteiger charge is 2.62. The summed E-state index contributed by atoms with van der Waals surface area (Å²) < 4.78 is 0. The molecular formula is C14H27NS. The number of nitrogens with one attached hydrogen (secondary N) is 1. The van der Waals surface area contributed by atoms with Gasteiger partial charge in [0.05, 0.1) is 0 Å². The van der Waals surface area contributed by atoms with E-state index < -0.39 is 0 Å². The van der Waals surface area contributed by atoms with Crippen molar-refractivity contribution in [1.29, 1.82) is 0 Å². The Hall–Kier alpha value is 0.310. The zero-order valence-corrected chi connectivity index (χ0v) is 12.1. The molecule has 0 aromatic rings. The van der Waals surface area contributed by atoms with E-state index in [1.165, 1.54) is 37.4 Å². The minimum Gasteiger partial charge on any atom is -0.316 e. The second-order valence-electron chi connectivity index (χ2n) is 6.80. The van der Waals surface area contributed by atoms with Crippen molar-refractivity contribution >= 4 is 11.8 Å². The van der Waals surface area contributed by atoms with E-state index in [1.54, 1.807) is 0 Å². The summed E-state index contributed by atoms with van der Waals surface area (Å²) in [4.78, 5) is 0. The number of hydrogen-bond donors (Lipinski definition) is 1. The van der Waals surface area contributed by atoms with Crippen LogP contribution in [0.3, 0.4) is 0 Å². The standard InChI is InChI=1S/C14H27NS/c1-11(2)8-15-9-12-7-14(12)10-16-6-5-13(14,3)4/h11-12,15H,5-10H2,1-4H3. The molecule has 2 aliphatic rings. The number of hydrogen-bond acceptors (Lipinski definition) is 2. The SMILES string of the molecule is CC(C)CNCC1CC12CSCCC2(C)C. The first-order valence-corrected chi connectivity index (χ1v) is 7.92. The van der Waals surface area contributed by atoms with Crippen LogP contribution in [-0.4, -0.2) is 24.6 Å². The maximum Gasteiger partial charge on any atom is -0.000243 e. The molecule has 2 unspecified atom stereocenters. The first kappa shape index (κ1) is 12.8. The minimum absolute atomic E-state index is 0.586. The highest BCUT2D eigenvalue weighted by Crippen LogP contribution is 2.67. The van der Waals surface area contributed by atoms with E-state index in [2.05, 4.69) is 44.8 Å². The first-order valence-electron chi connectivity index (χ1n) is 6.76. The summed E-state index contributed by atoms with van der Waals surface area (Å²) in [6.45, 7) is 12.0. The maximum absolute atomic E-state index is 3.65. The predicted octanol–water partition coefficient (Wildman–Crippen LogP) is 3.40. The predicted molar refractivity (Wildman–Crippen MR) is 74.0 cm³/mol. The third-order valence-electron chi connectivity index (χ3n) is 4.75. The van der Waals surface area contributed by atoms with Crippen LogP contribution in [0.15, 0.2) is 0 Å². The Labute approximate surface area is 105 Å². The molecular weight excluding hydrogens is 214 g/mol. The van der Waals surface area contributed by atoms with E-state index in [-0.39, 0.29) is 0 Å². The van der Waals surface area contributed by atoms with Crippen molar-refractivity contribution in [1.82, 2.24) is 5.32 Å². The molecule has 1 saturated heterocycles. The van der Waals surface area contributed by atoms with E-state index >= 15 is 0 Å². The van der Waals surface area contributed by atoms with Crippen molar-refractivity contribution in [2.24, 2.45) is 22.7 Å². The molecule has 1 aliphatic carbocycles. The van der Waals surface area contributed by atoms with Crippen LogP contribution in [0.1, 0.15) is 40.5 Å². The second-order valence-corrected chi connectivity index (χ2v) is 7.90. The molecule has 2 rings (SSSR count). The average Bonchev–Trinajstić information content (AvgIpc) is 2.86. The molecule has 0 aromatic heterocycles. The summed E-state index contributed by atoms with van der Waals surface area (Å²) in [5, 5.41) is 3.65. The molecule has 2 heteroatoms. The molecule has 0 aromatic carbocycles. The molecule has 1 N–H and O–H groups in total. The van der Waals surface area contributed by atoms with Crippen LogP contribution >= 0.6 is 11.8 Å². The van der Waals surface area contributed by atoms with Crippen LogP contribution in [0.4, 0.5) is 0 Å². The monoisotopic (exact) mass is 241 g/mol. The third-order valence-corrected chi connectivity index (χ3v) is 5.97. The molecule has 1 nitrogen and oxygen atoms in total. The number of thioether (sulfide) groups is 1. The van der Waals surface area contributed by atoms with E-state index in [0.717, 1.165) is 11.8 Å². The summed E-state index contributed by atoms with van der Waals surface area (Å²) >= 11 is 2.18. The summed E-state index contributed by atoms with van der Waals surface area (Å²) in [6, 6.07) is 0. The summed E-state index contributed by atoms with van der Waals surface area (Å²) in [7, 11) is 0. The van der Waals surface area contributed by atoms with Crippen LogP contribution in [-0.2, 0) is 0 Å². The largest absolute Gasteiger partial charge is 0.316 e. The molecule has 2 fully saturated rings. The molecule has 1 heterocycles. The molecule has 94 valence electrons. The lowest BCUT2D eigenvalue weighted by atomic mass is 9.73. The van der Waals surface area contributed by atoms with E-state index in [0.29, 0.717) is 10.8 Å². The van der Waals surface area contributed by atoms with Crippen LogP contribution in [0, 0.1) is 22.7 Å². The Balaban J connectivity index is 1.83.